The van der Waals surface area contributed by atoms with Crippen LogP contribution >= 0.6 is 0 Å². The quantitative estimate of drug-likeness (QED) is 0.667. The van der Waals surface area contributed by atoms with Gasteiger partial charge in [-0.05, 0) is 19.8 Å². The predicted molar refractivity (Wildman–Crippen MR) is 46.5 cm³/mol. The van der Waals surface area contributed by atoms with Crippen molar-refractivity contribution in [2.75, 3.05) is 7.11 Å². The molecule has 3 heteroatoms. The van der Waals surface area contributed by atoms with Crippen LogP contribution in [0.3, 0.4) is 0 Å². The Kier molecular flexibility index (Phi) is 1.60. The first-order chi connectivity index (χ1) is 5.74. The van der Waals surface area contributed by atoms with Gasteiger partial charge in [0, 0.05) is 18.5 Å². The minimum absolute atomic E-state index is 0.708. The Labute approximate surface area is 72.3 Å². The van der Waals surface area contributed by atoms with Crippen molar-refractivity contribution in [1.82, 2.24) is 9.78 Å². The van der Waals surface area contributed by atoms with E-state index in [1.165, 1.54) is 24.1 Å². The van der Waals surface area contributed by atoms with Gasteiger partial charge in [-0.2, -0.15) is 5.10 Å². The summed E-state index contributed by atoms with van der Waals surface area (Å²) < 4.78 is 7.06. The fraction of sp³-hybridized carbons (Fsp3) is 0.667. The van der Waals surface area contributed by atoms with Gasteiger partial charge in [-0.25, -0.2) is 4.68 Å². The van der Waals surface area contributed by atoms with Crippen LogP contribution in [0.25, 0.3) is 0 Å². The lowest BCUT2D eigenvalue weighted by molar-refractivity contribution is 0.371. The van der Waals surface area contributed by atoms with Gasteiger partial charge in [-0.3, -0.25) is 0 Å². The van der Waals surface area contributed by atoms with Crippen LogP contribution in [0.5, 0.6) is 5.88 Å². The van der Waals surface area contributed by atoms with Gasteiger partial charge in [-0.1, -0.05) is 0 Å². The number of nitrogens with zero attached hydrogens (tertiary/aromatic N) is 2. The molecule has 0 radical (unpaired) electrons. The topological polar surface area (TPSA) is 27.1 Å². The summed E-state index contributed by atoms with van der Waals surface area (Å²) in [5.41, 5.74) is 2.44. The third-order valence-electron chi connectivity index (χ3n) is 2.41. The van der Waals surface area contributed by atoms with Gasteiger partial charge in [0.25, 0.3) is 0 Å². The zero-order valence-corrected chi connectivity index (χ0v) is 7.79. The smallest absolute Gasteiger partial charge is 0.214 e. The van der Waals surface area contributed by atoms with E-state index in [1.54, 1.807) is 7.11 Å². The molecular formula is C9H14N2O. The predicted octanol–water partition coefficient (Wildman–Crippen LogP) is 1.61. The Bertz CT molecular complexity index is 300. The zero-order chi connectivity index (χ0) is 8.72. The molecule has 2 rings (SSSR count). The fourth-order valence-corrected chi connectivity index (χ4v) is 1.66. The Balaban J connectivity index is 2.42. The Morgan fingerprint density at radius 1 is 1.50 bits per heavy atom. The van der Waals surface area contributed by atoms with Crippen LogP contribution in [0.4, 0.5) is 0 Å². The first-order valence-corrected chi connectivity index (χ1v) is 4.31. The van der Waals surface area contributed by atoms with E-state index in [0.29, 0.717) is 5.92 Å². The number of aryl methyl sites for hydroxylation is 1. The first-order valence-electron chi connectivity index (χ1n) is 4.31. The molecule has 0 bridgehead atoms. The summed E-state index contributed by atoms with van der Waals surface area (Å²) in [5.74, 6) is 1.61. The van der Waals surface area contributed by atoms with Crippen LogP contribution < -0.4 is 4.74 Å². The lowest BCUT2D eigenvalue weighted by Gasteiger charge is -1.99. The van der Waals surface area contributed by atoms with Crippen molar-refractivity contribution >= 4 is 0 Å². The van der Waals surface area contributed by atoms with Gasteiger partial charge >= 0.3 is 0 Å². The lowest BCUT2D eigenvalue weighted by Crippen LogP contribution is -1.95. The number of methoxy groups -OCH3 is 1. The van der Waals surface area contributed by atoms with Crippen LogP contribution in [0.2, 0.25) is 0 Å². The molecule has 1 aromatic rings. The Morgan fingerprint density at radius 2 is 2.17 bits per heavy atom. The maximum absolute atomic E-state index is 5.23. The normalized spacial score (nSPS) is 16.6. The van der Waals surface area contributed by atoms with Crippen LogP contribution in [0, 0.1) is 6.92 Å². The molecule has 1 heterocycles. The first kappa shape index (κ1) is 7.65. The van der Waals surface area contributed by atoms with E-state index < -0.39 is 0 Å². The standard InChI is InChI=1S/C9H14N2O/c1-6-8(7-4-5-7)10-11(2)9(6)12-3/h7H,4-5H2,1-3H3. The molecule has 0 atom stereocenters. The van der Waals surface area contributed by atoms with Crippen LogP contribution in [0.1, 0.15) is 30.0 Å². The molecule has 1 aliphatic carbocycles. The molecule has 0 N–H and O–H groups in total. The van der Waals surface area contributed by atoms with E-state index in [2.05, 4.69) is 12.0 Å². The Morgan fingerprint density at radius 3 is 2.58 bits per heavy atom. The molecule has 0 amide bonds. The largest absolute Gasteiger partial charge is 0.481 e. The third kappa shape index (κ3) is 1.00. The van der Waals surface area contributed by atoms with E-state index in [1.807, 2.05) is 11.7 Å². The van der Waals surface area contributed by atoms with Crippen molar-refractivity contribution < 1.29 is 4.74 Å². The van der Waals surface area contributed by atoms with Crippen molar-refractivity contribution in [2.45, 2.75) is 25.7 Å². The second-order valence-corrected chi connectivity index (χ2v) is 3.42. The highest BCUT2D eigenvalue weighted by molar-refractivity contribution is 5.34. The summed E-state index contributed by atoms with van der Waals surface area (Å²) in [6.07, 6.45) is 2.59. The van der Waals surface area contributed by atoms with Gasteiger partial charge in [-0.15, -0.1) is 0 Å². The summed E-state index contributed by atoms with van der Waals surface area (Å²) in [6, 6.07) is 0. The molecule has 0 saturated heterocycles. The molecular weight excluding hydrogens is 152 g/mol. The minimum atomic E-state index is 0.708. The second kappa shape index (κ2) is 2.51. The monoisotopic (exact) mass is 166 g/mol. The number of hydrogen-bond donors (Lipinski definition) is 0. The van der Waals surface area contributed by atoms with E-state index in [-0.39, 0.29) is 0 Å². The average molecular weight is 166 g/mol. The summed E-state index contributed by atoms with van der Waals surface area (Å²) in [5, 5.41) is 4.43. The lowest BCUT2D eigenvalue weighted by atomic mass is 10.2. The zero-order valence-electron chi connectivity index (χ0n) is 7.79. The van der Waals surface area contributed by atoms with Crippen molar-refractivity contribution in [3.8, 4) is 5.88 Å². The molecule has 66 valence electrons. The van der Waals surface area contributed by atoms with Crippen LogP contribution in [-0.4, -0.2) is 16.9 Å². The molecule has 1 fully saturated rings. The summed E-state index contributed by atoms with van der Waals surface area (Å²) in [6.45, 7) is 2.08. The maximum Gasteiger partial charge on any atom is 0.214 e. The molecule has 0 unspecified atom stereocenters. The molecule has 3 nitrogen and oxygen atoms in total. The number of rotatable bonds is 2. The molecule has 0 aromatic carbocycles. The van der Waals surface area contributed by atoms with Crippen molar-refractivity contribution in [2.24, 2.45) is 7.05 Å². The van der Waals surface area contributed by atoms with Gasteiger partial charge in [0.2, 0.25) is 5.88 Å². The number of hydrogen-bond acceptors (Lipinski definition) is 2. The summed E-state index contributed by atoms with van der Waals surface area (Å²) in [4.78, 5) is 0. The van der Waals surface area contributed by atoms with Gasteiger partial charge in [0.05, 0.1) is 12.8 Å². The van der Waals surface area contributed by atoms with E-state index >= 15 is 0 Å². The third-order valence-corrected chi connectivity index (χ3v) is 2.41. The molecule has 1 aliphatic rings. The molecule has 12 heavy (non-hydrogen) atoms. The van der Waals surface area contributed by atoms with E-state index in [4.69, 9.17) is 4.74 Å². The summed E-state index contributed by atoms with van der Waals surface area (Å²) >= 11 is 0. The van der Waals surface area contributed by atoms with Crippen LogP contribution in [-0.2, 0) is 7.05 Å². The molecule has 0 aliphatic heterocycles. The van der Waals surface area contributed by atoms with Gasteiger partial charge in [0.15, 0.2) is 0 Å². The summed E-state index contributed by atoms with van der Waals surface area (Å²) in [7, 11) is 3.62. The number of ether oxygens (including phenoxy) is 1. The van der Waals surface area contributed by atoms with Crippen molar-refractivity contribution in [3.05, 3.63) is 11.3 Å². The number of aromatic nitrogens is 2. The van der Waals surface area contributed by atoms with Gasteiger partial charge < -0.3 is 4.74 Å². The van der Waals surface area contributed by atoms with Gasteiger partial charge in [0.1, 0.15) is 0 Å². The maximum atomic E-state index is 5.23. The molecule has 1 saturated carbocycles. The van der Waals surface area contributed by atoms with Crippen molar-refractivity contribution in [3.63, 3.8) is 0 Å². The molecule has 0 spiro atoms. The highest BCUT2D eigenvalue weighted by Crippen LogP contribution is 2.42. The second-order valence-electron chi connectivity index (χ2n) is 3.42. The molecule has 1 aromatic heterocycles. The SMILES string of the molecule is COc1c(C)c(C2CC2)nn1C. The van der Waals surface area contributed by atoms with E-state index in [0.717, 1.165) is 5.88 Å². The minimum Gasteiger partial charge on any atom is -0.481 e. The fourth-order valence-electron chi connectivity index (χ4n) is 1.66. The highest BCUT2D eigenvalue weighted by atomic mass is 16.5. The average Bonchev–Trinajstić information content (AvgIpc) is 2.80. The van der Waals surface area contributed by atoms with Crippen LogP contribution in [0.15, 0.2) is 0 Å². The Hall–Kier alpha value is -0.990. The van der Waals surface area contributed by atoms with E-state index in [9.17, 15) is 0 Å². The van der Waals surface area contributed by atoms with Crippen molar-refractivity contribution in [1.29, 1.82) is 0 Å². The highest BCUT2D eigenvalue weighted by Gasteiger charge is 2.29.